The first-order valence-electron chi connectivity index (χ1n) is 7.16. The number of morpholine rings is 1. The highest BCUT2D eigenvalue weighted by atomic mass is 79.9. The van der Waals surface area contributed by atoms with Crippen molar-refractivity contribution in [1.29, 1.82) is 0 Å². The van der Waals surface area contributed by atoms with Crippen LogP contribution in [0.3, 0.4) is 0 Å². The van der Waals surface area contributed by atoms with Gasteiger partial charge in [-0.2, -0.15) is 0 Å². The summed E-state index contributed by atoms with van der Waals surface area (Å²) in [5.41, 5.74) is 1.95. The van der Waals surface area contributed by atoms with E-state index in [4.69, 9.17) is 14.1 Å². The third-order valence-electron chi connectivity index (χ3n) is 3.69. The van der Waals surface area contributed by atoms with Gasteiger partial charge in [-0.25, -0.2) is 4.98 Å². The summed E-state index contributed by atoms with van der Waals surface area (Å²) in [6.45, 7) is 7.88. The molecule has 2 atom stereocenters. The molecule has 21 heavy (non-hydrogen) atoms. The van der Waals surface area contributed by atoms with E-state index in [0.717, 1.165) is 40.4 Å². The third kappa shape index (κ3) is 2.99. The zero-order valence-electron chi connectivity index (χ0n) is 12.5. The molecule has 0 N–H and O–H groups in total. The van der Waals surface area contributed by atoms with Gasteiger partial charge >= 0.3 is 0 Å². The van der Waals surface area contributed by atoms with E-state index in [1.54, 1.807) is 6.26 Å². The molecular formula is C16H19BrN2O2. The predicted molar refractivity (Wildman–Crippen MR) is 86.6 cm³/mol. The summed E-state index contributed by atoms with van der Waals surface area (Å²) in [6, 6.07) is 6.05. The summed E-state index contributed by atoms with van der Waals surface area (Å²) < 4.78 is 12.2. The molecule has 1 aliphatic heterocycles. The number of anilines is 1. The number of aryl methyl sites for hydroxylation is 1. The number of nitrogens with zero attached hydrogens (tertiary/aromatic N) is 2. The normalized spacial score (nSPS) is 22.6. The van der Waals surface area contributed by atoms with Gasteiger partial charge in [0.2, 0.25) is 0 Å². The van der Waals surface area contributed by atoms with Gasteiger partial charge in [-0.3, -0.25) is 0 Å². The minimum Gasteiger partial charge on any atom is -0.469 e. The Labute approximate surface area is 133 Å². The lowest BCUT2D eigenvalue weighted by molar-refractivity contribution is -0.00545. The molecule has 1 aliphatic rings. The second-order valence-corrected chi connectivity index (χ2v) is 6.41. The van der Waals surface area contributed by atoms with Crippen molar-refractivity contribution in [3.63, 3.8) is 0 Å². The Morgan fingerprint density at radius 2 is 1.90 bits per heavy atom. The van der Waals surface area contributed by atoms with Gasteiger partial charge in [0.1, 0.15) is 11.6 Å². The van der Waals surface area contributed by atoms with Crippen LogP contribution in [0.1, 0.15) is 19.6 Å². The number of ether oxygens (including phenoxy) is 1. The maximum atomic E-state index is 5.79. The number of aromatic nitrogens is 1. The molecule has 0 aromatic carbocycles. The summed E-state index contributed by atoms with van der Waals surface area (Å²) in [4.78, 5) is 7.11. The highest BCUT2D eigenvalue weighted by Crippen LogP contribution is 2.32. The van der Waals surface area contributed by atoms with Crippen LogP contribution < -0.4 is 4.90 Å². The van der Waals surface area contributed by atoms with Crippen LogP contribution in [0, 0.1) is 6.92 Å². The number of rotatable bonds is 2. The maximum absolute atomic E-state index is 5.79. The molecule has 4 nitrogen and oxygen atoms in total. The van der Waals surface area contributed by atoms with Crippen molar-refractivity contribution in [1.82, 2.24) is 4.98 Å². The third-order valence-corrected chi connectivity index (χ3v) is 4.33. The van der Waals surface area contributed by atoms with E-state index in [0.29, 0.717) is 0 Å². The summed E-state index contributed by atoms with van der Waals surface area (Å²) in [7, 11) is 0. The first-order chi connectivity index (χ1) is 10.0. The first kappa shape index (κ1) is 14.6. The SMILES string of the molecule is Cc1occc1-c1nc(N2C[C@@H](C)O[C@@H](C)C2)ccc1Br. The fraction of sp³-hybridized carbons (Fsp3) is 0.438. The molecule has 0 aliphatic carbocycles. The number of halogens is 1. The van der Waals surface area contributed by atoms with Crippen LogP contribution in [-0.4, -0.2) is 30.3 Å². The average molecular weight is 351 g/mol. The standard InChI is InChI=1S/C16H19BrN2O2/c1-10-8-19(9-11(2)21-10)15-5-4-14(17)16(18-15)13-6-7-20-12(13)3/h4-7,10-11H,8-9H2,1-3H3/t10-,11+. The minimum absolute atomic E-state index is 0.221. The van der Waals surface area contributed by atoms with Crippen molar-refractivity contribution < 1.29 is 9.15 Å². The Morgan fingerprint density at radius 3 is 2.52 bits per heavy atom. The van der Waals surface area contributed by atoms with E-state index in [1.165, 1.54) is 0 Å². The molecule has 0 saturated carbocycles. The van der Waals surface area contributed by atoms with Crippen molar-refractivity contribution in [2.45, 2.75) is 33.0 Å². The Hall–Kier alpha value is -1.33. The molecule has 0 unspecified atom stereocenters. The zero-order valence-corrected chi connectivity index (χ0v) is 14.1. The van der Waals surface area contributed by atoms with Crippen LogP contribution >= 0.6 is 15.9 Å². The molecule has 1 fully saturated rings. The minimum atomic E-state index is 0.221. The number of hydrogen-bond donors (Lipinski definition) is 0. The first-order valence-corrected chi connectivity index (χ1v) is 7.95. The highest BCUT2D eigenvalue weighted by molar-refractivity contribution is 9.10. The van der Waals surface area contributed by atoms with E-state index < -0.39 is 0 Å². The Bertz CT molecular complexity index is 631. The van der Waals surface area contributed by atoms with E-state index in [9.17, 15) is 0 Å². The van der Waals surface area contributed by atoms with E-state index in [2.05, 4.69) is 40.7 Å². The van der Waals surface area contributed by atoms with Gasteiger partial charge in [0.05, 0.1) is 24.2 Å². The molecule has 3 rings (SSSR count). The summed E-state index contributed by atoms with van der Waals surface area (Å²) in [6.07, 6.45) is 2.14. The van der Waals surface area contributed by atoms with Gasteiger partial charge in [0.15, 0.2) is 0 Å². The maximum Gasteiger partial charge on any atom is 0.129 e. The van der Waals surface area contributed by atoms with Gasteiger partial charge in [-0.15, -0.1) is 0 Å². The van der Waals surface area contributed by atoms with Gasteiger partial charge in [-0.1, -0.05) is 0 Å². The van der Waals surface area contributed by atoms with E-state index in [1.807, 2.05) is 19.1 Å². The Balaban J connectivity index is 1.96. The average Bonchev–Trinajstić information content (AvgIpc) is 2.84. The summed E-state index contributed by atoms with van der Waals surface area (Å²) >= 11 is 3.59. The number of pyridine rings is 1. The quantitative estimate of drug-likeness (QED) is 0.819. The lowest BCUT2D eigenvalue weighted by Gasteiger charge is -2.36. The van der Waals surface area contributed by atoms with Crippen LogP contribution in [0.4, 0.5) is 5.82 Å². The van der Waals surface area contributed by atoms with Crippen LogP contribution in [0.5, 0.6) is 0 Å². The molecule has 2 aromatic heterocycles. The van der Waals surface area contributed by atoms with Crippen molar-refractivity contribution in [2.75, 3.05) is 18.0 Å². The Kier molecular flexibility index (Phi) is 4.04. The Morgan fingerprint density at radius 1 is 1.19 bits per heavy atom. The predicted octanol–water partition coefficient (Wildman–Crippen LogP) is 4.03. The largest absolute Gasteiger partial charge is 0.469 e. The van der Waals surface area contributed by atoms with Crippen molar-refractivity contribution in [3.8, 4) is 11.3 Å². The highest BCUT2D eigenvalue weighted by Gasteiger charge is 2.24. The molecule has 1 saturated heterocycles. The topological polar surface area (TPSA) is 38.5 Å². The van der Waals surface area contributed by atoms with Crippen LogP contribution in [0.25, 0.3) is 11.3 Å². The molecule has 0 bridgehead atoms. The van der Waals surface area contributed by atoms with Crippen LogP contribution in [-0.2, 0) is 4.74 Å². The molecule has 0 radical (unpaired) electrons. The van der Waals surface area contributed by atoms with E-state index in [-0.39, 0.29) is 12.2 Å². The second kappa shape index (κ2) is 5.81. The van der Waals surface area contributed by atoms with Gasteiger partial charge in [0.25, 0.3) is 0 Å². The molecule has 0 amide bonds. The smallest absolute Gasteiger partial charge is 0.129 e. The molecule has 3 heterocycles. The lowest BCUT2D eigenvalue weighted by atomic mass is 10.1. The monoisotopic (exact) mass is 350 g/mol. The summed E-state index contributed by atoms with van der Waals surface area (Å²) in [5.74, 6) is 1.86. The number of furan rings is 1. The molecule has 112 valence electrons. The van der Waals surface area contributed by atoms with Gasteiger partial charge in [-0.05, 0) is 54.9 Å². The van der Waals surface area contributed by atoms with Crippen LogP contribution in [0.2, 0.25) is 0 Å². The van der Waals surface area contributed by atoms with Gasteiger partial charge in [0, 0.05) is 23.1 Å². The molecule has 2 aromatic rings. The van der Waals surface area contributed by atoms with Crippen molar-refractivity contribution in [3.05, 3.63) is 34.7 Å². The fourth-order valence-electron chi connectivity index (χ4n) is 2.79. The van der Waals surface area contributed by atoms with Crippen molar-refractivity contribution in [2.24, 2.45) is 0 Å². The lowest BCUT2D eigenvalue weighted by Crippen LogP contribution is -2.45. The fourth-order valence-corrected chi connectivity index (χ4v) is 3.23. The molecule has 0 spiro atoms. The second-order valence-electron chi connectivity index (χ2n) is 5.55. The van der Waals surface area contributed by atoms with Gasteiger partial charge < -0.3 is 14.1 Å². The summed E-state index contributed by atoms with van der Waals surface area (Å²) in [5, 5.41) is 0. The molecular weight excluding hydrogens is 332 g/mol. The van der Waals surface area contributed by atoms with E-state index >= 15 is 0 Å². The van der Waals surface area contributed by atoms with Crippen molar-refractivity contribution >= 4 is 21.7 Å². The zero-order chi connectivity index (χ0) is 15.0. The molecule has 5 heteroatoms. The number of hydrogen-bond acceptors (Lipinski definition) is 4. The van der Waals surface area contributed by atoms with Crippen LogP contribution in [0.15, 0.2) is 33.4 Å².